The third-order valence-corrected chi connectivity index (χ3v) is 6.31. The van der Waals surface area contributed by atoms with Crippen LogP contribution in [0.25, 0.3) is 6.08 Å². The van der Waals surface area contributed by atoms with Gasteiger partial charge in [0.2, 0.25) is 5.91 Å². The minimum absolute atomic E-state index is 0.0516. The zero-order valence-electron chi connectivity index (χ0n) is 17.5. The molecule has 1 saturated carbocycles. The number of hydrogen-bond donors (Lipinski definition) is 2. The zero-order chi connectivity index (χ0) is 21.8. The van der Waals surface area contributed by atoms with Gasteiger partial charge in [0.15, 0.2) is 5.76 Å². The average Bonchev–Trinajstić information content (AvgIpc) is 2.78. The van der Waals surface area contributed by atoms with E-state index in [2.05, 4.69) is 29.7 Å². The van der Waals surface area contributed by atoms with Crippen LogP contribution in [0.5, 0.6) is 0 Å². The van der Waals surface area contributed by atoms with E-state index in [1.807, 2.05) is 30.3 Å². The molecule has 0 bridgehead atoms. The summed E-state index contributed by atoms with van der Waals surface area (Å²) in [6, 6.07) is 17.3. The molecule has 1 aliphatic carbocycles. The monoisotopic (exact) mass is 438 g/mol. The minimum atomic E-state index is -0.250. The summed E-state index contributed by atoms with van der Waals surface area (Å²) in [5.41, 5.74) is 2.02. The molecule has 162 valence electrons. The van der Waals surface area contributed by atoms with Crippen LogP contribution in [0, 0.1) is 5.92 Å². The molecule has 0 radical (unpaired) electrons. The van der Waals surface area contributed by atoms with Crippen LogP contribution < -0.4 is 10.6 Å². The van der Waals surface area contributed by atoms with Crippen LogP contribution in [0.15, 0.2) is 60.4 Å². The Morgan fingerprint density at radius 2 is 2.03 bits per heavy atom. The first-order chi connectivity index (χ1) is 15.0. The fourth-order valence-corrected chi connectivity index (χ4v) is 4.47. The molecular formula is C25H27ClN2O3. The Labute approximate surface area is 187 Å². The van der Waals surface area contributed by atoms with E-state index in [1.54, 1.807) is 18.2 Å². The first kappa shape index (κ1) is 21.4. The molecule has 4 rings (SSSR count). The number of benzene rings is 2. The third kappa shape index (κ3) is 5.28. The molecule has 1 heterocycles. The van der Waals surface area contributed by atoms with Crippen LogP contribution >= 0.6 is 11.6 Å². The molecule has 0 spiro atoms. The van der Waals surface area contributed by atoms with Crippen molar-refractivity contribution in [3.05, 3.63) is 76.5 Å². The van der Waals surface area contributed by atoms with Gasteiger partial charge in [-0.2, -0.15) is 0 Å². The number of carbonyl (C=O) groups excluding carboxylic acids is 2. The summed E-state index contributed by atoms with van der Waals surface area (Å²) in [4.78, 5) is 25.3. The standard InChI is InChI=1S/C25H27ClN2O3/c1-16(18-7-3-2-4-8-18)15-27-24(29)19-10-11-22-21(14-19)28-25(30)23(31-22)13-17-6-5-9-20(26)12-17/h2-9,12-13,16,19,21-22H,10-11,14-15H2,1H3,(H,27,29)(H,28,30)/b23-13-. The number of nitrogens with one attached hydrogen (secondary N) is 2. The molecule has 5 nitrogen and oxygen atoms in total. The Morgan fingerprint density at radius 3 is 2.81 bits per heavy atom. The summed E-state index contributed by atoms with van der Waals surface area (Å²) < 4.78 is 6.00. The summed E-state index contributed by atoms with van der Waals surface area (Å²) in [5, 5.41) is 6.73. The van der Waals surface area contributed by atoms with Gasteiger partial charge in [-0.05, 0) is 54.5 Å². The van der Waals surface area contributed by atoms with Crippen LogP contribution in [-0.4, -0.2) is 30.5 Å². The molecule has 2 fully saturated rings. The number of rotatable bonds is 5. The SMILES string of the molecule is CC(CNC(=O)C1CCC2O/C(=C\c3cccc(Cl)c3)C(=O)NC2C1)c1ccccc1. The van der Waals surface area contributed by atoms with Crippen molar-refractivity contribution in [1.29, 1.82) is 0 Å². The van der Waals surface area contributed by atoms with Gasteiger partial charge in [0.1, 0.15) is 6.10 Å². The van der Waals surface area contributed by atoms with E-state index < -0.39 is 0 Å². The minimum Gasteiger partial charge on any atom is -0.483 e. The van der Waals surface area contributed by atoms with Gasteiger partial charge in [0.05, 0.1) is 6.04 Å². The number of morpholine rings is 1. The Bertz CT molecular complexity index is 976. The lowest BCUT2D eigenvalue weighted by Crippen LogP contribution is -2.54. The lowest BCUT2D eigenvalue weighted by atomic mass is 9.82. The van der Waals surface area contributed by atoms with E-state index in [0.717, 1.165) is 18.4 Å². The van der Waals surface area contributed by atoms with Crippen LogP contribution in [0.3, 0.4) is 0 Å². The number of hydrogen-bond acceptors (Lipinski definition) is 3. The van der Waals surface area contributed by atoms with E-state index >= 15 is 0 Å². The summed E-state index contributed by atoms with van der Waals surface area (Å²) in [6.07, 6.45) is 3.65. The molecule has 2 amide bonds. The van der Waals surface area contributed by atoms with E-state index in [0.29, 0.717) is 23.7 Å². The molecule has 6 heteroatoms. The van der Waals surface area contributed by atoms with Crippen molar-refractivity contribution in [3.8, 4) is 0 Å². The topological polar surface area (TPSA) is 67.4 Å². The average molecular weight is 439 g/mol. The molecule has 0 aromatic heterocycles. The second kappa shape index (κ2) is 9.56. The molecule has 2 aromatic carbocycles. The maximum absolute atomic E-state index is 12.7. The molecule has 2 N–H and O–H groups in total. The van der Waals surface area contributed by atoms with Gasteiger partial charge in [-0.3, -0.25) is 9.59 Å². The second-order valence-corrected chi connectivity index (χ2v) is 8.80. The quantitative estimate of drug-likeness (QED) is 0.684. The number of halogens is 1. The first-order valence-electron chi connectivity index (χ1n) is 10.8. The highest BCUT2D eigenvalue weighted by Gasteiger charge is 2.40. The first-order valence-corrected chi connectivity index (χ1v) is 11.1. The Balaban J connectivity index is 1.32. The van der Waals surface area contributed by atoms with Gasteiger partial charge in [0, 0.05) is 17.5 Å². The summed E-state index contributed by atoms with van der Waals surface area (Å²) >= 11 is 6.03. The van der Waals surface area contributed by atoms with Gasteiger partial charge < -0.3 is 15.4 Å². The van der Waals surface area contributed by atoms with Crippen molar-refractivity contribution in [2.24, 2.45) is 5.92 Å². The molecule has 31 heavy (non-hydrogen) atoms. The molecule has 4 atom stereocenters. The van der Waals surface area contributed by atoms with E-state index in [9.17, 15) is 9.59 Å². The fraction of sp³-hybridized carbons (Fsp3) is 0.360. The largest absolute Gasteiger partial charge is 0.483 e. The number of ether oxygens (including phenoxy) is 1. The van der Waals surface area contributed by atoms with Gasteiger partial charge in [-0.15, -0.1) is 0 Å². The summed E-state index contributed by atoms with van der Waals surface area (Å²) in [5.74, 6) is 0.226. The van der Waals surface area contributed by atoms with Crippen LogP contribution in [0.1, 0.15) is 43.2 Å². The van der Waals surface area contributed by atoms with Crippen molar-refractivity contribution >= 4 is 29.5 Å². The summed E-state index contributed by atoms with van der Waals surface area (Å²) in [7, 11) is 0. The van der Waals surface area contributed by atoms with Crippen molar-refractivity contribution in [2.75, 3.05) is 6.54 Å². The van der Waals surface area contributed by atoms with E-state index in [4.69, 9.17) is 16.3 Å². The maximum atomic E-state index is 12.7. The van der Waals surface area contributed by atoms with Gasteiger partial charge >= 0.3 is 0 Å². The molecule has 1 aliphatic heterocycles. The highest BCUT2D eigenvalue weighted by molar-refractivity contribution is 6.30. The van der Waals surface area contributed by atoms with Crippen LogP contribution in [0.4, 0.5) is 0 Å². The van der Waals surface area contributed by atoms with Crippen molar-refractivity contribution in [2.45, 2.75) is 44.2 Å². The fourth-order valence-electron chi connectivity index (χ4n) is 4.27. The summed E-state index contributed by atoms with van der Waals surface area (Å²) in [6.45, 7) is 2.71. The van der Waals surface area contributed by atoms with Crippen molar-refractivity contribution in [3.63, 3.8) is 0 Å². The highest BCUT2D eigenvalue weighted by atomic mass is 35.5. The number of amides is 2. The number of carbonyl (C=O) groups is 2. The van der Waals surface area contributed by atoms with Gasteiger partial charge in [0.25, 0.3) is 5.91 Å². The number of fused-ring (bicyclic) bond motifs is 1. The Kier molecular flexibility index (Phi) is 6.62. The molecule has 2 aromatic rings. The van der Waals surface area contributed by atoms with E-state index in [1.165, 1.54) is 5.56 Å². The van der Waals surface area contributed by atoms with Crippen LogP contribution in [-0.2, 0) is 14.3 Å². The van der Waals surface area contributed by atoms with Crippen molar-refractivity contribution < 1.29 is 14.3 Å². The van der Waals surface area contributed by atoms with Gasteiger partial charge in [-0.1, -0.05) is 61.0 Å². The smallest absolute Gasteiger partial charge is 0.286 e. The molecule has 1 saturated heterocycles. The Morgan fingerprint density at radius 1 is 1.23 bits per heavy atom. The lowest BCUT2D eigenvalue weighted by molar-refractivity contribution is -0.134. The molecule has 4 unspecified atom stereocenters. The highest BCUT2D eigenvalue weighted by Crippen LogP contribution is 2.32. The maximum Gasteiger partial charge on any atom is 0.286 e. The second-order valence-electron chi connectivity index (χ2n) is 8.37. The predicted molar refractivity (Wildman–Crippen MR) is 121 cm³/mol. The predicted octanol–water partition coefficient (Wildman–Crippen LogP) is 4.28. The molecular weight excluding hydrogens is 412 g/mol. The van der Waals surface area contributed by atoms with Gasteiger partial charge in [-0.25, -0.2) is 0 Å². The van der Waals surface area contributed by atoms with Crippen molar-refractivity contribution in [1.82, 2.24) is 10.6 Å². The Hall–Kier alpha value is -2.79. The normalized spacial score (nSPS) is 25.2. The van der Waals surface area contributed by atoms with E-state index in [-0.39, 0.29) is 35.8 Å². The van der Waals surface area contributed by atoms with Crippen LogP contribution in [0.2, 0.25) is 5.02 Å². The molecule has 2 aliphatic rings. The lowest BCUT2D eigenvalue weighted by Gasteiger charge is -2.39. The third-order valence-electron chi connectivity index (χ3n) is 6.07. The zero-order valence-corrected chi connectivity index (χ0v) is 18.3.